The molecule has 10 rings (SSSR count). The Morgan fingerprint density at radius 2 is 0.859 bits per heavy atom. The SMILES string of the molecule is CN(C)C(=O)c1cc(NS(=O)[O-])c2ccccc2c1O.Cc1cc(O)c(NS(=O)[O-])cc1C.Cc1cc(O)c(NS(=O)[O-])cc1C1CCCCC1.Cc1cc(O)c(NS(=O)[O-])cc1C1CCCCC1C.Cc1ccc(OCCOc2cc(O)c(NS(=O)[O-])cc2C2CCCCC2)cc1C.[HH].[HH].[HH]. The van der Waals surface area contributed by atoms with Crippen LogP contribution in [0.15, 0.2) is 97.1 Å². The molecule has 24 nitrogen and oxygen atoms in total. The number of hydrogen-bond donors (Lipinski definition) is 10. The summed E-state index contributed by atoms with van der Waals surface area (Å²) in [6, 6.07) is 27.1. The van der Waals surface area contributed by atoms with Crippen molar-refractivity contribution in [1.29, 1.82) is 0 Å². The Morgan fingerprint density at radius 1 is 0.455 bits per heavy atom. The first-order chi connectivity index (χ1) is 46.9. The standard InChI is InChI=1S/C22H29NO5S.C14H21NO3S.C13H14N2O4S.C13H19NO3S.C8H11NO3S.3H2/c1-15-8-9-18(12-16(15)2)27-10-11-28-22-14-21(24)20(23-29(25)26)13-19(22)17-6-4-3-5-7-17;1-9-5-3-4-6-11(9)12-8-13(15-19(17)18)14(16)7-10(12)2;1-15(2)13(17)10-7-11(14-20(18)19)8-5-3-4-6-9(8)12(10)16;1-9-7-13(15)12(14-18(16)17)8-11(9)10-5-3-2-4-6-10;1-5-3-7(9-13(11)12)8(10)4-6(5)2;;;/h8-9,12-14,17,23-24H,3-7,10-11H2,1-2H3,(H,25,26);7-9,11,15-16H,3-6H2,1-2H3,(H,17,18);3-7,14,16H,1-2H3,(H,18,19);7-8,10,14-15H,2-6H2,1H3,(H,16,17);3-4,9-10H,1-2H3,(H,11,12);3*1H/p-5. The van der Waals surface area contributed by atoms with Gasteiger partial charge in [-0.05, 0) is 208 Å². The number of nitrogens with one attached hydrogen (secondary N) is 5. The number of phenols is 5. The lowest BCUT2D eigenvalue weighted by Crippen LogP contribution is -2.22. The molecule has 0 heterocycles. The Morgan fingerprint density at radius 3 is 1.36 bits per heavy atom. The van der Waals surface area contributed by atoms with Crippen LogP contribution in [0.25, 0.3) is 10.8 Å². The molecule has 7 atom stereocenters. The number of amides is 1. The van der Waals surface area contributed by atoms with Crippen LogP contribution in [0.5, 0.6) is 40.2 Å². The van der Waals surface area contributed by atoms with Crippen molar-refractivity contribution in [3.8, 4) is 40.2 Å². The molecule has 0 aliphatic heterocycles. The molecule has 0 radical (unpaired) electrons. The normalized spacial score (nSPS) is 16.9. The van der Waals surface area contributed by atoms with Gasteiger partial charge in [-0.2, -0.15) is 0 Å². The molecule has 0 saturated heterocycles. The Labute approximate surface area is 596 Å². The number of nitrogens with zero attached hydrogens (tertiary/aromatic N) is 1. The number of fused-ring (bicyclic) bond motifs is 1. The van der Waals surface area contributed by atoms with E-state index in [1.807, 2.05) is 52.8 Å². The molecule has 3 aliphatic rings. The number of hydrogen-bond acceptors (Lipinski definition) is 18. The van der Waals surface area contributed by atoms with Gasteiger partial charge >= 0.3 is 0 Å². The third-order valence-corrected chi connectivity index (χ3v) is 19.7. The number of rotatable bonds is 19. The third kappa shape index (κ3) is 24.3. The lowest BCUT2D eigenvalue weighted by Gasteiger charge is -2.30. The van der Waals surface area contributed by atoms with Crippen LogP contribution < -0.4 is 33.1 Å². The molecule has 3 fully saturated rings. The monoisotopic (exact) mass is 1470 g/mol. The van der Waals surface area contributed by atoms with Gasteiger partial charge in [0.05, 0.1) is 34.0 Å². The minimum atomic E-state index is -2.52. The second-order valence-corrected chi connectivity index (χ2v) is 28.4. The van der Waals surface area contributed by atoms with Gasteiger partial charge in [0, 0.05) is 91.5 Å². The van der Waals surface area contributed by atoms with E-state index in [1.54, 1.807) is 74.8 Å². The van der Waals surface area contributed by atoms with Crippen molar-refractivity contribution in [3.05, 3.63) is 153 Å². The van der Waals surface area contributed by atoms with Gasteiger partial charge in [0.25, 0.3) is 5.91 Å². The van der Waals surface area contributed by atoms with E-state index in [9.17, 15) is 74.1 Å². The highest BCUT2D eigenvalue weighted by Crippen LogP contribution is 2.45. The first-order valence-corrected chi connectivity index (χ1v) is 37.7. The van der Waals surface area contributed by atoms with Crippen LogP contribution in [0.2, 0.25) is 0 Å². The van der Waals surface area contributed by atoms with Gasteiger partial charge in [0.1, 0.15) is 53.5 Å². The largest absolute Gasteiger partial charge is 0.755 e. The molecule has 1 amide bonds. The molecular weight excluding hydrogens is 1370 g/mol. The van der Waals surface area contributed by atoms with E-state index in [4.69, 9.17) is 9.47 Å². The summed E-state index contributed by atoms with van der Waals surface area (Å²) in [6.45, 7) is 14.7. The summed E-state index contributed by atoms with van der Waals surface area (Å²) in [5.74, 6) is 2.38. The first kappa shape index (κ1) is 80.4. The van der Waals surface area contributed by atoms with Crippen LogP contribution in [-0.4, -0.2) is 107 Å². The molecule has 10 N–H and O–H groups in total. The van der Waals surface area contributed by atoms with Crippen LogP contribution in [0.4, 0.5) is 28.4 Å². The minimum absolute atomic E-state index is 0. The minimum Gasteiger partial charge on any atom is -0.755 e. The van der Waals surface area contributed by atoms with E-state index in [2.05, 4.69) is 37.5 Å². The van der Waals surface area contributed by atoms with Gasteiger partial charge in [-0.25, -0.2) is 0 Å². The number of benzene rings is 7. The lowest BCUT2D eigenvalue weighted by molar-refractivity contribution is 0.0824. The van der Waals surface area contributed by atoms with E-state index >= 15 is 0 Å². The van der Waals surface area contributed by atoms with E-state index in [0.717, 1.165) is 89.6 Å². The zero-order chi connectivity index (χ0) is 72.8. The van der Waals surface area contributed by atoms with Crippen LogP contribution in [-0.2, 0) is 56.3 Å². The number of ether oxygens (including phenoxy) is 2. The van der Waals surface area contributed by atoms with Crippen LogP contribution in [0.3, 0.4) is 0 Å². The van der Waals surface area contributed by atoms with Gasteiger partial charge < -0.3 is 86.3 Å². The highest BCUT2D eigenvalue weighted by Gasteiger charge is 2.27. The quantitative estimate of drug-likeness (QED) is 0.0156. The van der Waals surface area contributed by atoms with E-state index < -0.39 is 62.2 Å². The molecule has 3 saturated carbocycles. The van der Waals surface area contributed by atoms with Gasteiger partial charge in [-0.3, -0.25) is 25.8 Å². The average Bonchev–Trinajstić information content (AvgIpc) is 0.784. The Balaban J connectivity index is 0.000000336. The number of phenolic OH excluding ortho intramolecular Hbond substituents is 5. The van der Waals surface area contributed by atoms with Crippen molar-refractivity contribution in [2.75, 3.05) is 50.9 Å². The summed E-state index contributed by atoms with van der Waals surface area (Å²) in [5.41, 5.74) is 10.7. The fourth-order valence-corrected chi connectivity index (χ4v) is 14.2. The van der Waals surface area contributed by atoms with Crippen LogP contribution in [0, 0.1) is 47.5 Å². The summed E-state index contributed by atoms with van der Waals surface area (Å²) in [6.07, 6.45) is 16.4. The van der Waals surface area contributed by atoms with Gasteiger partial charge in [0.15, 0.2) is 0 Å². The third-order valence-electron chi connectivity index (χ3n) is 17.8. The molecule has 3 aliphatic carbocycles. The molecule has 99 heavy (non-hydrogen) atoms. The molecule has 0 aromatic heterocycles. The average molecular weight is 1470 g/mol. The predicted molar refractivity (Wildman–Crippen MR) is 393 cm³/mol. The second kappa shape index (κ2) is 38.8. The summed E-state index contributed by atoms with van der Waals surface area (Å²) in [4.78, 5) is 13.3. The smallest absolute Gasteiger partial charge is 0.257 e. The van der Waals surface area contributed by atoms with Crippen molar-refractivity contribution < 1.29 is 87.9 Å². The number of aryl methyl sites for hydroxylation is 6. The Hall–Kier alpha value is -7.58. The molecular formula is C70H95N6O18S5-5. The predicted octanol–water partition coefficient (Wildman–Crippen LogP) is 14.3. The zero-order valence-corrected chi connectivity index (χ0v) is 61.0. The fraction of sp³-hybridized carbons (Fsp3) is 0.414. The highest BCUT2D eigenvalue weighted by atomic mass is 32.2. The van der Waals surface area contributed by atoms with Crippen LogP contribution in [0.1, 0.15) is 179 Å². The van der Waals surface area contributed by atoms with Crippen molar-refractivity contribution in [2.45, 2.75) is 156 Å². The van der Waals surface area contributed by atoms with Crippen molar-refractivity contribution in [3.63, 3.8) is 0 Å². The molecule has 7 unspecified atom stereocenters. The summed E-state index contributed by atoms with van der Waals surface area (Å²) < 4.78 is 130. The maximum atomic E-state index is 12.0. The zero-order valence-electron chi connectivity index (χ0n) is 56.9. The molecule has 0 bridgehead atoms. The maximum Gasteiger partial charge on any atom is 0.257 e. The van der Waals surface area contributed by atoms with Crippen LogP contribution >= 0.6 is 0 Å². The summed E-state index contributed by atoms with van der Waals surface area (Å²) in [5, 5.41) is 50.2. The number of carbonyl (C=O) groups is 1. The number of anilines is 5. The first-order valence-electron chi connectivity index (χ1n) is 32.4. The Kier molecular flexibility index (Phi) is 31.5. The second-order valence-electron chi connectivity index (χ2n) is 25.0. The van der Waals surface area contributed by atoms with Gasteiger partial charge in [0.2, 0.25) is 0 Å². The van der Waals surface area contributed by atoms with Crippen molar-refractivity contribution >= 4 is 101 Å². The van der Waals surface area contributed by atoms with E-state index in [1.165, 1.54) is 79.2 Å². The lowest BCUT2D eigenvalue weighted by atomic mass is 9.75. The van der Waals surface area contributed by atoms with Crippen molar-refractivity contribution in [1.82, 2.24) is 4.90 Å². The number of carbonyl (C=O) groups excluding carboxylic acids is 1. The fourth-order valence-electron chi connectivity index (χ4n) is 12.4. The molecule has 0 spiro atoms. The molecule has 7 aromatic carbocycles. The summed E-state index contributed by atoms with van der Waals surface area (Å²) in [7, 11) is 3.10. The van der Waals surface area contributed by atoms with E-state index in [0.29, 0.717) is 53.4 Å². The summed E-state index contributed by atoms with van der Waals surface area (Å²) >= 11 is -12.2. The van der Waals surface area contributed by atoms with Crippen molar-refractivity contribution in [2.24, 2.45) is 5.92 Å². The number of aromatic hydroxyl groups is 5. The molecule has 548 valence electrons. The topological polar surface area (TPSA) is 401 Å². The van der Waals surface area contributed by atoms with Gasteiger partial charge in [-0.1, -0.05) is 95.0 Å². The molecule has 29 heteroatoms. The highest BCUT2D eigenvalue weighted by molar-refractivity contribution is 7.81. The Bertz CT molecular complexity index is 4040. The van der Waals surface area contributed by atoms with Gasteiger partial charge in [-0.15, -0.1) is 0 Å². The molecule has 7 aromatic rings. The van der Waals surface area contributed by atoms with E-state index in [-0.39, 0.29) is 67.0 Å². The maximum absolute atomic E-state index is 12.0.